The summed E-state index contributed by atoms with van der Waals surface area (Å²) in [4.78, 5) is 13.2. The van der Waals surface area contributed by atoms with Gasteiger partial charge >= 0.3 is 5.97 Å². The summed E-state index contributed by atoms with van der Waals surface area (Å²) in [7, 11) is -3.63. The highest BCUT2D eigenvalue weighted by atomic mass is 32.2. The van der Waals surface area contributed by atoms with Gasteiger partial charge in [-0.2, -0.15) is 0 Å². The smallest absolute Gasteiger partial charge is 0.352 e. The number of nitrogens with one attached hydrogen (secondary N) is 2. The molecule has 2 aliphatic carbocycles. The highest BCUT2D eigenvalue weighted by Gasteiger charge is 2.43. The molecule has 0 radical (unpaired) electrons. The second kappa shape index (κ2) is 4.35. The number of aromatic carboxylic acids is 1. The van der Waals surface area contributed by atoms with Crippen LogP contribution >= 0.6 is 0 Å². The van der Waals surface area contributed by atoms with Gasteiger partial charge in [-0.1, -0.05) is 0 Å². The van der Waals surface area contributed by atoms with Crippen molar-refractivity contribution in [3.63, 3.8) is 0 Å². The molecule has 7 heteroatoms. The minimum absolute atomic E-state index is 0.00352. The predicted molar refractivity (Wildman–Crippen MR) is 67.3 cm³/mol. The third-order valence-electron chi connectivity index (χ3n) is 3.75. The van der Waals surface area contributed by atoms with Crippen molar-refractivity contribution in [1.29, 1.82) is 0 Å². The second-order valence-electron chi connectivity index (χ2n) is 5.38. The summed E-state index contributed by atoms with van der Waals surface area (Å²) in [6.45, 7) is 0. The first-order chi connectivity index (χ1) is 8.97. The van der Waals surface area contributed by atoms with E-state index in [1.54, 1.807) is 0 Å². The Balaban J connectivity index is 1.78. The van der Waals surface area contributed by atoms with Crippen LogP contribution in [0.5, 0.6) is 0 Å². The molecule has 104 valence electrons. The minimum atomic E-state index is -3.63. The molecule has 0 aromatic carbocycles. The van der Waals surface area contributed by atoms with Gasteiger partial charge in [-0.15, -0.1) is 0 Å². The lowest BCUT2D eigenvalue weighted by atomic mass is 10.1. The topological polar surface area (TPSA) is 99.3 Å². The number of aromatic nitrogens is 1. The number of rotatable bonds is 6. The van der Waals surface area contributed by atoms with Crippen LogP contribution in [0.4, 0.5) is 0 Å². The number of hydrogen-bond donors (Lipinski definition) is 3. The lowest BCUT2D eigenvalue weighted by molar-refractivity contribution is 0.0691. The van der Waals surface area contributed by atoms with Gasteiger partial charge in [0.1, 0.15) is 10.6 Å². The van der Waals surface area contributed by atoms with Gasteiger partial charge < -0.3 is 10.1 Å². The third-order valence-corrected chi connectivity index (χ3v) is 5.19. The molecule has 0 atom stereocenters. The van der Waals surface area contributed by atoms with Crippen LogP contribution in [-0.2, 0) is 10.0 Å². The summed E-state index contributed by atoms with van der Waals surface area (Å²) in [5.74, 6) is -0.247. The molecule has 0 spiro atoms. The van der Waals surface area contributed by atoms with E-state index in [2.05, 4.69) is 9.71 Å². The number of carboxylic acids is 1. The van der Waals surface area contributed by atoms with Crippen molar-refractivity contribution in [3.8, 4) is 0 Å². The van der Waals surface area contributed by atoms with E-state index >= 15 is 0 Å². The normalized spacial score (nSPS) is 19.8. The van der Waals surface area contributed by atoms with Crippen LogP contribution in [0.2, 0.25) is 0 Å². The standard InChI is InChI=1S/C12H16N2O4S/c15-12(16)10-5-9(6-13-10)19(17,18)14-11(7-1-2-7)8-3-4-8/h5-8,11,13-14H,1-4H2,(H,15,16). The van der Waals surface area contributed by atoms with E-state index in [-0.39, 0.29) is 16.6 Å². The number of carbonyl (C=O) groups is 1. The van der Waals surface area contributed by atoms with Crippen molar-refractivity contribution in [2.45, 2.75) is 36.6 Å². The Hall–Kier alpha value is -1.34. The fourth-order valence-electron chi connectivity index (χ4n) is 2.39. The van der Waals surface area contributed by atoms with E-state index in [9.17, 15) is 13.2 Å². The minimum Gasteiger partial charge on any atom is -0.477 e. The molecule has 1 heterocycles. The molecule has 19 heavy (non-hydrogen) atoms. The van der Waals surface area contributed by atoms with E-state index < -0.39 is 16.0 Å². The zero-order valence-corrected chi connectivity index (χ0v) is 11.1. The molecule has 0 bridgehead atoms. The number of hydrogen-bond acceptors (Lipinski definition) is 3. The zero-order valence-electron chi connectivity index (χ0n) is 10.3. The quantitative estimate of drug-likeness (QED) is 0.730. The summed E-state index contributed by atoms with van der Waals surface area (Å²) in [5, 5.41) is 8.80. The number of carboxylic acid groups (broad SMARTS) is 1. The van der Waals surface area contributed by atoms with Crippen LogP contribution in [0.1, 0.15) is 36.2 Å². The lowest BCUT2D eigenvalue weighted by Gasteiger charge is -2.16. The number of sulfonamides is 1. The first-order valence-corrected chi connectivity index (χ1v) is 7.90. The van der Waals surface area contributed by atoms with E-state index in [0.717, 1.165) is 31.7 Å². The molecule has 3 rings (SSSR count). The molecule has 1 aromatic heterocycles. The van der Waals surface area contributed by atoms with E-state index in [4.69, 9.17) is 5.11 Å². The largest absolute Gasteiger partial charge is 0.477 e. The first-order valence-electron chi connectivity index (χ1n) is 6.41. The second-order valence-corrected chi connectivity index (χ2v) is 7.09. The highest BCUT2D eigenvalue weighted by Crippen LogP contribution is 2.45. The van der Waals surface area contributed by atoms with Gasteiger partial charge in [0.15, 0.2) is 0 Å². The van der Waals surface area contributed by atoms with Gasteiger partial charge in [0.2, 0.25) is 10.0 Å². The van der Waals surface area contributed by atoms with Crippen molar-refractivity contribution in [3.05, 3.63) is 18.0 Å². The Morgan fingerprint density at radius 3 is 2.32 bits per heavy atom. The van der Waals surface area contributed by atoms with Crippen molar-refractivity contribution in [2.24, 2.45) is 11.8 Å². The van der Waals surface area contributed by atoms with Crippen LogP contribution in [0.25, 0.3) is 0 Å². The van der Waals surface area contributed by atoms with Crippen LogP contribution in [0, 0.1) is 11.8 Å². The molecule has 0 unspecified atom stereocenters. The van der Waals surface area contributed by atoms with Crippen LogP contribution in [0.15, 0.2) is 17.2 Å². The molecular weight excluding hydrogens is 268 g/mol. The summed E-state index contributed by atoms with van der Waals surface area (Å²) in [6, 6.07) is 1.18. The van der Waals surface area contributed by atoms with Crippen molar-refractivity contribution < 1.29 is 18.3 Å². The molecule has 0 aliphatic heterocycles. The Morgan fingerprint density at radius 2 is 1.89 bits per heavy atom. The van der Waals surface area contributed by atoms with Gasteiger partial charge in [-0.05, 0) is 43.6 Å². The summed E-state index contributed by atoms with van der Waals surface area (Å²) >= 11 is 0. The maximum atomic E-state index is 12.2. The Bertz CT molecular complexity index is 587. The number of H-pyrrole nitrogens is 1. The first kappa shape index (κ1) is 12.7. The lowest BCUT2D eigenvalue weighted by Crippen LogP contribution is -2.37. The highest BCUT2D eigenvalue weighted by molar-refractivity contribution is 7.89. The van der Waals surface area contributed by atoms with Crippen molar-refractivity contribution in [1.82, 2.24) is 9.71 Å². The maximum Gasteiger partial charge on any atom is 0.352 e. The third kappa shape index (κ3) is 2.66. The van der Waals surface area contributed by atoms with Crippen LogP contribution in [-0.4, -0.2) is 30.5 Å². The predicted octanol–water partition coefficient (Wildman–Crippen LogP) is 1.18. The molecule has 2 aliphatic rings. The molecule has 3 N–H and O–H groups in total. The van der Waals surface area contributed by atoms with E-state index in [1.165, 1.54) is 6.20 Å². The van der Waals surface area contributed by atoms with Crippen LogP contribution < -0.4 is 4.72 Å². The van der Waals surface area contributed by atoms with Gasteiger partial charge in [0, 0.05) is 12.2 Å². The molecule has 0 amide bonds. The Kier molecular flexibility index (Phi) is 2.90. The molecule has 1 aromatic rings. The maximum absolute atomic E-state index is 12.2. The molecule has 6 nitrogen and oxygen atoms in total. The average Bonchev–Trinajstić information content (AvgIpc) is 3.24. The summed E-state index contributed by atoms with van der Waals surface area (Å²) in [6.07, 6.45) is 5.55. The SMILES string of the molecule is O=C(O)c1cc(S(=O)(=O)NC(C2CC2)C2CC2)c[nH]1. The van der Waals surface area contributed by atoms with Crippen LogP contribution in [0.3, 0.4) is 0 Å². The van der Waals surface area contributed by atoms with E-state index in [1.807, 2.05) is 0 Å². The molecule has 2 fully saturated rings. The fraction of sp³-hybridized carbons (Fsp3) is 0.583. The zero-order chi connectivity index (χ0) is 13.6. The average molecular weight is 284 g/mol. The van der Waals surface area contributed by atoms with Gasteiger partial charge in [-0.25, -0.2) is 17.9 Å². The molecule has 0 saturated heterocycles. The van der Waals surface area contributed by atoms with Crippen molar-refractivity contribution >= 4 is 16.0 Å². The molecule has 2 saturated carbocycles. The Morgan fingerprint density at radius 1 is 1.32 bits per heavy atom. The summed E-state index contributed by atoms with van der Waals surface area (Å²) < 4.78 is 27.2. The fourth-order valence-corrected chi connectivity index (χ4v) is 3.75. The van der Waals surface area contributed by atoms with Gasteiger partial charge in [0.25, 0.3) is 0 Å². The summed E-state index contributed by atoms with van der Waals surface area (Å²) in [5.41, 5.74) is -0.116. The monoisotopic (exact) mass is 284 g/mol. The van der Waals surface area contributed by atoms with Gasteiger partial charge in [-0.3, -0.25) is 0 Å². The number of aromatic amines is 1. The van der Waals surface area contributed by atoms with E-state index in [0.29, 0.717) is 11.8 Å². The van der Waals surface area contributed by atoms with Crippen molar-refractivity contribution in [2.75, 3.05) is 0 Å². The Labute approximate surface area is 111 Å². The molecular formula is C12H16N2O4S. The van der Waals surface area contributed by atoms with Gasteiger partial charge in [0.05, 0.1) is 0 Å².